The second-order valence-electron chi connectivity index (χ2n) is 2.81. The molecule has 0 atom stereocenters. The van der Waals surface area contributed by atoms with Gasteiger partial charge in [-0.05, 0) is 28.8 Å². The lowest BCUT2D eigenvalue weighted by Crippen LogP contribution is -2.04. The third-order valence-corrected chi connectivity index (χ3v) is 2.06. The Morgan fingerprint density at radius 2 is 2.07 bits per heavy atom. The molecule has 0 unspecified atom stereocenters. The van der Waals surface area contributed by atoms with Crippen LogP contribution in [0.5, 0.6) is 0 Å². The van der Waals surface area contributed by atoms with Crippen LogP contribution in [0.4, 0.5) is 5.95 Å². The fourth-order valence-electron chi connectivity index (χ4n) is 0.956. The maximum atomic E-state index is 5.14. The monoisotopic (exact) mass is 253 g/mol. The molecule has 0 aromatic carbocycles. The number of terminal acetylenes is 1. The molecule has 74 valence electrons. The predicted octanol–water partition coefficient (Wildman–Crippen LogP) is 2.45. The molecule has 0 saturated carbocycles. The summed E-state index contributed by atoms with van der Waals surface area (Å²) < 4.78 is 0.885. The van der Waals surface area contributed by atoms with Gasteiger partial charge in [-0.15, -0.1) is 12.3 Å². The number of aromatic nitrogens is 2. The van der Waals surface area contributed by atoms with E-state index in [2.05, 4.69) is 37.1 Å². The molecule has 4 heteroatoms. The van der Waals surface area contributed by atoms with E-state index in [1.165, 1.54) is 0 Å². The fraction of sp³-hybridized carbons (Fsp3) is 0.400. The van der Waals surface area contributed by atoms with Crippen molar-refractivity contribution in [1.29, 1.82) is 0 Å². The minimum absolute atomic E-state index is 0.661. The number of hydrogen-bond donors (Lipinski definition) is 1. The Bertz CT molecular complexity index is 302. The summed E-state index contributed by atoms with van der Waals surface area (Å²) in [5, 5.41) is 3.12. The Hall–Kier alpha value is -1.08. The zero-order valence-corrected chi connectivity index (χ0v) is 9.42. The minimum atomic E-state index is 0.661. The number of nitrogens with one attached hydrogen (secondary N) is 1. The third kappa shape index (κ3) is 4.24. The van der Waals surface area contributed by atoms with Crippen LogP contribution in [0.2, 0.25) is 0 Å². The van der Waals surface area contributed by atoms with Gasteiger partial charge in [-0.25, -0.2) is 9.97 Å². The first kappa shape index (κ1) is 11.0. The first-order valence-electron chi connectivity index (χ1n) is 4.48. The van der Waals surface area contributed by atoms with Gasteiger partial charge in [0, 0.05) is 25.4 Å². The van der Waals surface area contributed by atoms with Crippen LogP contribution in [0.25, 0.3) is 0 Å². The van der Waals surface area contributed by atoms with Crippen LogP contribution in [0.1, 0.15) is 19.3 Å². The normalized spacial score (nSPS) is 9.43. The summed E-state index contributed by atoms with van der Waals surface area (Å²) in [4.78, 5) is 8.17. The van der Waals surface area contributed by atoms with Gasteiger partial charge >= 0.3 is 0 Å². The van der Waals surface area contributed by atoms with E-state index >= 15 is 0 Å². The summed E-state index contributed by atoms with van der Waals surface area (Å²) >= 11 is 3.27. The van der Waals surface area contributed by atoms with E-state index in [1.807, 2.05) is 0 Å². The molecule has 0 radical (unpaired) electrons. The second kappa shape index (κ2) is 6.39. The zero-order valence-electron chi connectivity index (χ0n) is 7.83. The molecule has 0 amide bonds. The third-order valence-electron chi connectivity index (χ3n) is 1.65. The molecule has 1 rings (SSSR count). The quantitative estimate of drug-likeness (QED) is 0.647. The number of unbranched alkanes of at least 4 members (excludes halogenated alkanes) is 2. The largest absolute Gasteiger partial charge is 0.354 e. The second-order valence-corrected chi connectivity index (χ2v) is 3.73. The van der Waals surface area contributed by atoms with E-state index in [9.17, 15) is 0 Å². The molecule has 1 heterocycles. The molecule has 3 nitrogen and oxygen atoms in total. The summed E-state index contributed by atoms with van der Waals surface area (Å²) in [5.74, 6) is 3.27. The topological polar surface area (TPSA) is 37.8 Å². The molecule has 1 aromatic heterocycles. The molecular weight excluding hydrogens is 242 g/mol. The van der Waals surface area contributed by atoms with Gasteiger partial charge in [-0.3, -0.25) is 0 Å². The van der Waals surface area contributed by atoms with Crippen molar-refractivity contribution in [2.45, 2.75) is 19.3 Å². The molecule has 14 heavy (non-hydrogen) atoms. The van der Waals surface area contributed by atoms with Crippen LogP contribution in [-0.2, 0) is 0 Å². The minimum Gasteiger partial charge on any atom is -0.354 e. The molecule has 1 N–H and O–H groups in total. The summed E-state index contributed by atoms with van der Waals surface area (Å²) in [7, 11) is 0. The molecule has 1 aromatic rings. The van der Waals surface area contributed by atoms with Gasteiger partial charge in [0.15, 0.2) is 0 Å². The van der Waals surface area contributed by atoms with Crippen molar-refractivity contribution in [2.24, 2.45) is 0 Å². The summed E-state index contributed by atoms with van der Waals surface area (Å²) in [6.07, 6.45) is 11.5. The van der Waals surface area contributed by atoms with Crippen molar-refractivity contribution in [1.82, 2.24) is 9.97 Å². The van der Waals surface area contributed by atoms with Crippen molar-refractivity contribution in [2.75, 3.05) is 11.9 Å². The number of anilines is 1. The molecule has 0 fully saturated rings. The number of halogens is 1. The van der Waals surface area contributed by atoms with Crippen LogP contribution in [0.15, 0.2) is 16.9 Å². The average Bonchev–Trinajstić information content (AvgIpc) is 2.21. The van der Waals surface area contributed by atoms with Crippen LogP contribution in [0, 0.1) is 12.3 Å². The highest BCUT2D eigenvalue weighted by Gasteiger charge is 1.93. The summed E-state index contributed by atoms with van der Waals surface area (Å²) in [6.45, 7) is 0.864. The Morgan fingerprint density at radius 3 is 2.71 bits per heavy atom. The van der Waals surface area contributed by atoms with Gasteiger partial charge in [0.2, 0.25) is 5.95 Å². The zero-order chi connectivity index (χ0) is 10.2. The molecule has 0 aliphatic rings. The van der Waals surface area contributed by atoms with E-state index in [0.717, 1.165) is 30.3 Å². The van der Waals surface area contributed by atoms with Crippen molar-refractivity contribution >= 4 is 21.9 Å². The number of rotatable bonds is 5. The highest BCUT2D eigenvalue weighted by atomic mass is 79.9. The van der Waals surface area contributed by atoms with Crippen LogP contribution < -0.4 is 5.32 Å². The average molecular weight is 254 g/mol. The molecule has 0 aliphatic heterocycles. The van der Waals surface area contributed by atoms with E-state index in [-0.39, 0.29) is 0 Å². The van der Waals surface area contributed by atoms with Crippen LogP contribution in [0.3, 0.4) is 0 Å². The number of nitrogens with zero attached hydrogens (tertiary/aromatic N) is 2. The van der Waals surface area contributed by atoms with Gasteiger partial charge in [-0.2, -0.15) is 0 Å². The Balaban J connectivity index is 2.19. The SMILES string of the molecule is C#CCCCCNc1ncc(Br)cn1. The summed E-state index contributed by atoms with van der Waals surface area (Å²) in [6, 6.07) is 0. The van der Waals surface area contributed by atoms with Gasteiger partial charge in [0.25, 0.3) is 0 Å². The fourth-order valence-corrected chi connectivity index (χ4v) is 1.16. The van der Waals surface area contributed by atoms with E-state index < -0.39 is 0 Å². The van der Waals surface area contributed by atoms with E-state index in [4.69, 9.17) is 6.42 Å². The Morgan fingerprint density at radius 1 is 1.36 bits per heavy atom. The predicted molar refractivity (Wildman–Crippen MR) is 60.9 cm³/mol. The Labute approximate surface area is 92.5 Å². The van der Waals surface area contributed by atoms with Gasteiger partial charge < -0.3 is 5.32 Å². The number of hydrogen-bond acceptors (Lipinski definition) is 3. The summed E-state index contributed by atoms with van der Waals surface area (Å²) in [5.41, 5.74) is 0. The van der Waals surface area contributed by atoms with Crippen molar-refractivity contribution in [3.05, 3.63) is 16.9 Å². The molecular formula is C10H12BrN3. The highest BCUT2D eigenvalue weighted by molar-refractivity contribution is 9.10. The van der Waals surface area contributed by atoms with Crippen molar-refractivity contribution in [3.8, 4) is 12.3 Å². The lowest BCUT2D eigenvalue weighted by molar-refractivity contribution is 0.784. The maximum Gasteiger partial charge on any atom is 0.222 e. The van der Waals surface area contributed by atoms with Crippen LogP contribution in [-0.4, -0.2) is 16.5 Å². The van der Waals surface area contributed by atoms with E-state index in [1.54, 1.807) is 12.4 Å². The lowest BCUT2D eigenvalue weighted by atomic mass is 10.2. The smallest absolute Gasteiger partial charge is 0.222 e. The van der Waals surface area contributed by atoms with Crippen molar-refractivity contribution < 1.29 is 0 Å². The standard InChI is InChI=1S/C10H12BrN3/c1-2-3-4-5-6-12-10-13-7-9(11)8-14-10/h1,7-8H,3-6H2,(H,12,13,14). The highest BCUT2D eigenvalue weighted by Crippen LogP contribution is 2.06. The van der Waals surface area contributed by atoms with Crippen molar-refractivity contribution in [3.63, 3.8) is 0 Å². The van der Waals surface area contributed by atoms with Gasteiger partial charge in [-0.1, -0.05) is 0 Å². The molecule has 0 aliphatic carbocycles. The van der Waals surface area contributed by atoms with Gasteiger partial charge in [0.1, 0.15) is 0 Å². The Kier molecular flexibility index (Phi) is 5.02. The molecule has 0 spiro atoms. The first-order chi connectivity index (χ1) is 6.83. The van der Waals surface area contributed by atoms with Gasteiger partial charge in [0.05, 0.1) is 4.47 Å². The lowest BCUT2D eigenvalue weighted by Gasteiger charge is -2.02. The first-order valence-corrected chi connectivity index (χ1v) is 5.27. The maximum absolute atomic E-state index is 5.14. The van der Waals surface area contributed by atoms with Crippen LogP contribution >= 0.6 is 15.9 Å². The molecule has 0 saturated heterocycles. The molecule has 0 bridgehead atoms. The van der Waals surface area contributed by atoms with E-state index in [0.29, 0.717) is 5.95 Å².